The summed E-state index contributed by atoms with van der Waals surface area (Å²) in [4.78, 5) is 28.4. The fraction of sp³-hybridized carbons (Fsp3) is 0.412. The summed E-state index contributed by atoms with van der Waals surface area (Å²) in [6.45, 7) is 2.48. The number of carbonyl (C=O) groups excluding carboxylic acids is 2. The molecule has 1 aliphatic heterocycles. The molecule has 7 nitrogen and oxygen atoms in total. The molecule has 1 saturated heterocycles. The highest BCUT2D eigenvalue weighted by Gasteiger charge is 2.33. The van der Waals surface area contributed by atoms with Crippen LogP contribution in [0.3, 0.4) is 0 Å². The maximum Gasteiger partial charge on any atom is 0.246 e. The van der Waals surface area contributed by atoms with Crippen LogP contribution in [0.5, 0.6) is 0 Å². The number of hydrogen-bond donors (Lipinski definition) is 0. The first-order valence-electron chi connectivity index (χ1n) is 8.14. The number of benzene rings is 1. The van der Waals surface area contributed by atoms with Gasteiger partial charge in [0, 0.05) is 43.2 Å². The Morgan fingerprint density at radius 2 is 2.20 bits per heavy atom. The number of aromatic nitrogens is 3. The standard InChI is InChI=1S/C17H20ClN5O2/c1-12-9-23(14-5-3-4-13(18)8-14)17(25)10-22(12)16(24)7-6-15-20-19-11-21(15)2/h3-5,8,11-12H,6-7,9-10H2,1-2H3/t12-/m0/s1. The van der Waals surface area contributed by atoms with E-state index < -0.39 is 0 Å². The van der Waals surface area contributed by atoms with Gasteiger partial charge in [-0.2, -0.15) is 0 Å². The molecule has 3 rings (SSSR count). The number of hydrogen-bond acceptors (Lipinski definition) is 4. The number of aryl methyl sites for hydroxylation is 2. The van der Waals surface area contributed by atoms with Gasteiger partial charge >= 0.3 is 0 Å². The molecule has 0 aliphatic carbocycles. The molecular weight excluding hydrogens is 342 g/mol. The number of carbonyl (C=O) groups is 2. The van der Waals surface area contributed by atoms with E-state index in [4.69, 9.17) is 11.6 Å². The molecule has 8 heteroatoms. The van der Waals surface area contributed by atoms with Crippen LogP contribution in [0.25, 0.3) is 0 Å². The Labute approximate surface area is 151 Å². The number of piperazine rings is 1. The number of rotatable bonds is 4. The molecule has 1 aromatic heterocycles. The van der Waals surface area contributed by atoms with E-state index in [2.05, 4.69) is 10.2 Å². The zero-order valence-electron chi connectivity index (χ0n) is 14.2. The number of amides is 2. The molecule has 1 aliphatic rings. The Hall–Kier alpha value is -2.41. The van der Waals surface area contributed by atoms with E-state index in [0.717, 1.165) is 11.5 Å². The summed E-state index contributed by atoms with van der Waals surface area (Å²) in [6.07, 6.45) is 2.42. The Morgan fingerprint density at radius 3 is 2.88 bits per heavy atom. The van der Waals surface area contributed by atoms with Gasteiger partial charge in [-0.25, -0.2) is 0 Å². The molecule has 0 N–H and O–H groups in total. The third kappa shape index (κ3) is 3.82. The average molecular weight is 362 g/mol. The second-order valence-corrected chi connectivity index (χ2v) is 6.65. The van der Waals surface area contributed by atoms with Crippen LogP contribution in [0.15, 0.2) is 30.6 Å². The van der Waals surface area contributed by atoms with E-state index in [1.807, 2.05) is 26.1 Å². The molecule has 132 valence electrons. The largest absolute Gasteiger partial charge is 0.329 e. The van der Waals surface area contributed by atoms with Crippen molar-refractivity contribution in [2.75, 3.05) is 18.0 Å². The van der Waals surface area contributed by atoms with Crippen molar-refractivity contribution in [2.24, 2.45) is 7.05 Å². The van der Waals surface area contributed by atoms with E-state index in [1.165, 1.54) is 0 Å². The van der Waals surface area contributed by atoms with Gasteiger partial charge in [-0.1, -0.05) is 17.7 Å². The van der Waals surface area contributed by atoms with Crippen molar-refractivity contribution in [1.29, 1.82) is 0 Å². The minimum Gasteiger partial charge on any atom is -0.329 e. The van der Waals surface area contributed by atoms with Crippen LogP contribution in [0.1, 0.15) is 19.2 Å². The summed E-state index contributed by atoms with van der Waals surface area (Å²) in [5, 5.41) is 8.37. The molecule has 1 aromatic carbocycles. The summed E-state index contributed by atoms with van der Waals surface area (Å²) in [6, 6.07) is 7.13. The van der Waals surface area contributed by atoms with E-state index >= 15 is 0 Å². The molecule has 0 bridgehead atoms. The molecule has 0 spiro atoms. The van der Waals surface area contributed by atoms with Gasteiger partial charge in [0.25, 0.3) is 0 Å². The Balaban J connectivity index is 1.64. The molecule has 2 amide bonds. The Kier molecular flexibility index (Phi) is 5.03. The maximum atomic E-state index is 12.5. The first-order chi connectivity index (χ1) is 12.0. The molecule has 2 heterocycles. The fourth-order valence-corrected chi connectivity index (χ4v) is 3.16. The van der Waals surface area contributed by atoms with Gasteiger partial charge in [-0.05, 0) is 25.1 Å². The van der Waals surface area contributed by atoms with Crippen molar-refractivity contribution in [2.45, 2.75) is 25.8 Å². The molecule has 1 atom stereocenters. The highest BCUT2D eigenvalue weighted by molar-refractivity contribution is 6.30. The second kappa shape index (κ2) is 7.23. The van der Waals surface area contributed by atoms with Gasteiger partial charge in [0.1, 0.15) is 18.7 Å². The zero-order chi connectivity index (χ0) is 18.0. The van der Waals surface area contributed by atoms with Crippen molar-refractivity contribution in [3.63, 3.8) is 0 Å². The van der Waals surface area contributed by atoms with E-state index in [1.54, 1.807) is 32.8 Å². The van der Waals surface area contributed by atoms with Crippen LogP contribution < -0.4 is 4.90 Å². The van der Waals surface area contributed by atoms with Crippen molar-refractivity contribution in [3.8, 4) is 0 Å². The van der Waals surface area contributed by atoms with Gasteiger partial charge in [0.2, 0.25) is 11.8 Å². The predicted octanol–water partition coefficient (Wildman–Crippen LogP) is 1.66. The lowest BCUT2D eigenvalue weighted by molar-refractivity contribution is -0.139. The van der Waals surface area contributed by atoms with Crippen molar-refractivity contribution >= 4 is 29.1 Å². The van der Waals surface area contributed by atoms with Crippen molar-refractivity contribution in [1.82, 2.24) is 19.7 Å². The zero-order valence-corrected chi connectivity index (χ0v) is 15.0. The molecule has 25 heavy (non-hydrogen) atoms. The lowest BCUT2D eigenvalue weighted by Crippen LogP contribution is -2.57. The monoisotopic (exact) mass is 361 g/mol. The highest BCUT2D eigenvalue weighted by Crippen LogP contribution is 2.23. The van der Waals surface area contributed by atoms with E-state index in [9.17, 15) is 9.59 Å². The smallest absolute Gasteiger partial charge is 0.246 e. The van der Waals surface area contributed by atoms with Crippen molar-refractivity contribution in [3.05, 3.63) is 41.4 Å². The van der Waals surface area contributed by atoms with Crippen LogP contribution in [-0.2, 0) is 23.1 Å². The van der Waals surface area contributed by atoms with Gasteiger partial charge in [0.05, 0.1) is 0 Å². The highest BCUT2D eigenvalue weighted by atomic mass is 35.5. The first kappa shape index (κ1) is 17.4. The molecule has 0 saturated carbocycles. The summed E-state index contributed by atoms with van der Waals surface area (Å²) < 4.78 is 1.79. The lowest BCUT2D eigenvalue weighted by Gasteiger charge is -2.39. The molecule has 2 aromatic rings. The van der Waals surface area contributed by atoms with Crippen LogP contribution in [-0.4, -0.2) is 50.6 Å². The van der Waals surface area contributed by atoms with E-state index in [0.29, 0.717) is 24.4 Å². The number of anilines is 1. The topological polar surface area (TPSA) is 71.3 Å². The van der Waals surface area contributed by atoms with Crippen LogP contribution >= 0.6 is 11.6 Å². The van der Waals surface area contributed by atoms with Crippen LogP contribution in [0.4, 0.5) is 5.69 Å². The summed E-state index contributed by atoms with van der Waals surface area (Å²) in [7, 11) is 1.84. The normalized spacial score (nSPS) is 17.9. The first-order valence-corrected chi connectivity index (χ1v) is 8.52. The Morgan fingerprint density at radius 1 is 1.40 bits per heavy atom. The molecule has 1 fully saturated rings. The molecule has 0 radical (unpaired) electrons. The summed E-state index contributed by atoms with van der Waals surface area (Å²) in [5.74, 6) is 0.604. The van der Waals surface area contributed by atoms with Gasteiger partial charge < -0.3 is 14.4 Å². The lowest BCUT2D eigenvalue weighted by atomic mass is 10.1. The molecule has 0 unspecified atom stereocenters. The number of nitrogens with zero attached hydrogens (tertiary/aromatic N) is 5. The van der Waals surface area contributed by atoms with E-state index in [-0.39, 0.29) is 24.4 Å². The van der Waals surface area contributed by atoms with Gasteiger partial charge in [0.15, 0.2) is 0 Å². The predicted molar refractivity (Wildman–Crippen MR) is 94.3 cm³/mol. The minimum atomic E-state index is -0.104. The Bertz CT molecular complexity index is 791. The average Bonchev–Trinajstić information content (AvgIpc) is 2.99. The second-order valence-electron chi connectivity index (χ2n) is 6.21. The van der Waals surface area contributed by atoms with Crippen LogP contribution in [0.2, 0.25) is 5.02 Å². The summed E-state index contributed by atoms with van der Waals surface area (Å²) >= 11 is 6.01. The van der Waals surface area contributed by atoms with Crippen molar-refractivity contribution < 1.29 is 9.59 Å². The number of halogens is 1. The third-order valence-corrected chi connectivity index (χ3v) is 4.63. The van der Waals surface area contributed by atoms with Gasteiger partial charge in [-0.15, -0.1) is 10.2 Å². The van der Waals surface area contributed by atoms with Gasteiger partial charge in [-0.3, -0.25) is 9.59 Å². The third-order valence-electron chi connectivity index (χ3n) is 4.39. The SMILES string of the molecule is C[C@H]1CN(c2cccc(Cl)c2)C(=O)CN1C(=O)CCc1nncn1C. The minimum absolute atomic E-state index is 0.0467. The molecular formula is C17H20ClN5O2. The fourth-order valence-electron chi connectivity index (χ4n) is 2.97. The summed E-state index contributed by atoms with van der Waals surface area (Å²) in [5.41, 5.74) is 0.760. The quantitative estimate of drug-likeness (QED) is 0.830. The maximum absolute atomic E-state index is 12.5. The van der Waals surface area contributed by atoms with Crippen LogP contribution in [0, 0.1) is 0 Å².